The van der Waals surface area contributed by atoms with Crippen LogP contribution in [0.3, 0.4) is 0 Å². The van der Waals surface area contributed by atoms with Crippen LogP contribution in [-0.2, 0) is 21.2 Å². The zero-order valence-electron chi connectivity index (χ0n) is 13.8. The van der Waals surface area contributed by atoms with Crippen molar-refractivity contribution in [3.8, 4) is 0 Å². The lowest BCUT2D eigenvalue weighted by Gasteiger charge is -2.22. The Bertz CT molecular complexity index is 579. The van der Waals surface area contributed by atoms with Crippen molar-refractivity contribution in [2.75, 3.05) is 19.6 Å². The monoisotopic (exact) mass is 346 g/mol. The SMILES string of the molecule is CCc1ccc(S(=O)(=O)NCCN(CCC(C)C)C(C)=O)s1. The van der Waals surface area contributed by atoms with Gasteiger partial charge in [-0.2, -0.15) is 0 Å². The average Bonchev–Trinajstić information content (AvgIpc) is 2.91. The third kappa shape index (κ3) is 6.06. The molecule has 0 radical (unpaired) electrons. The predicted molar refractivity (Wildman–Crippen MR) is 90.6 cm³/mol. The summed E-state index contributed by atoms with van der Waals surface area (Å²) in [6.45, 7) is 9.00. The molecule has 5 nitrogen and oxygen atoms in total. The second-order valence-corrected chi connectivity index (χ2v) is 8.82. The lowest BCUT2D eigenvalue weighted by atomic mass is 10.1. The van der Waals surface area contributed by atoms with Gasteiger partial charge >= 0.3 is 0 Å². The van der Waals surface area contributed by atoms with Gasteiger partial charge in [0.15, 0.2) is 0 Å². The molecule has 0 aliphatic rings. The number of sulfonamides is 1. The molecule has 1 amide bonds. The molecule has 7 heteroatoms. The minimum atomic E-state index is -3.47. The van der Waals surface area contributed by atoms with E-state index in [1.54, 1.807) is 11.0 Å². The molecule has 0 aromatic carbocycles. The highest BCUT2D eigenvalue weighted by molar-refractivity contribution is 7.91. The van der Waals surface area contributed by atoms with E-state index in [2.05, 4.69) is 18.6 Å². The summed E-state index contributed by atoms with van der Waals surface area (Å²) in [6.07, 6.45) is 1.74. The second kappa shape index (κ2) is 8.64. The molecule has 1 rings (SSSR count). The zero-order valence-corrected chi connectivity index (χ0v) is 15.4. The maximum absolute atomic E-state index is 12.2. The smallest absolute Gasteiger partial charge is 0.250 e. The lowest BCUT2D eigenvalue weighted by Crippen LogP contribution is -2.38. The predicted octanol–water partition coefficient (Wildman–Crippen LogP) is 2.48. The van der Waals surface area contributed by atoms with E-state index in [4.69, 9.17) is 0 Å². The second-order valence-electron chi connectivity index (χ2n) is 5.66. The zero-order chi connectivity index (χ0) is 16.8. The van der Waals surface area contributed by atoms with Crippen LogP contribution in [0.25, 0.3) is 0 Å². The molecule has 0 saturated heterocycles. The van der Waals surface area contributed by atoms with Crippen molar-refractivity contribution >= 4 is 27.3 Å². The number of nitrogens with zero attached hydrogens (tertiary/aromatic N) is 1. The van der Waals surface area contributed by atoms with E-state index in [1.165, 1.54) is 18.3 Å². The highest BCUT2D eigenvalue weighted by atomic mass is 32.2. The van der Waals surface area contributed by atoms with Crippen LogP contribution in [0.1, 0.15) is 39.0 Å². The van der Waals surface area contributed by atoms with Gasteiger partial charge in [0.1, 0.15) is 4.21 Å². The Hall–Kier alpha value is -0.920. The van der Waals surface area contributed by atoms with Crippen molar-refractivity contribution in [1.82, 2.24) is 9.62 Å². The van der Waals surface area contributed by atoms with Crippen LogP contribution in [-0.4, -0.2) is 38.9 Å². The Morgan fingerprint density at radius 1 is 1.32 bits per heavy atom. The van der Waals surface area contributed by atoms with Crippen LogP contribution in [0, 0.1) is 5.92 Å². The standard InChI is InChI=1S/C15H26N2O3S2/c1-5-14-6-7-15(21-14)22(19,20)16-9-11-17(13(4)18)10-8-12(2)3/h6-7,12,16H,5,8-11H2,1-4H3. The lowest BCUT2D eigenvalue weighted by molar-refractivity contribution is -0.128. The molecular weight excluding hydrogens is 320 g/mol. The summed E-state index contributed by atoms with van der Waals surface area (Å²) < 4.78 is 27.3. The minimum absolute atomic E-state index is 0.0239. The topological polar surface area (TPSA) is 66.5 Å². The third-order valence-electron chi connectivity index (χ3n) is 3.35. The van der Waals surface area contributed by atoms with E-state index in [9.17, 15) is 13.2 Å². The van der Waals surface area contributed by atoms with E-state index >= 15 is 0 Å². The van der Waals surface area contributed by atoms with Crippen molar-refractivity contribution in [3.05, 3.63) is 17.0 Å². The van der Waals surface area contributed by atoms with E-state index in [1.807, 2.05) is 13.0 Å². The van der Waals surface area contributed by atoms with Crippen molar-refractivity contribution in [2.45, 2.75) is 44.7 Å². The normalized spacial score (nSPS) is 11.9. The number of nitrogens with one attached hydrogen (secondary N) is 1. The molecule has 0 aliphatic heterocycles. The van der Waals surface area contributed by atoms with Gasteiger partial charge in [-0.25, -0.2) is 13.1 Å². The molecular formula is C15H26N2O3S2. The fraction of sp³-hybridized carbons (Fsp3) is 0.667. The van der Waals surface area contributed by atoms with Crippen LogP contribution >= 0.6 is 11.3 Å². The summed E-state index contributed by atoms with van der Waals surface area (Å²) in [6, 6.07) is 3.47. The maximum Gasteiger partial charge on any atom is 0.250 e. The Labute approximate surface area is 137 Å². The third-order valence-corrected chi connectivity index (χ3v) is 6.53. The molecule has 1 aromatic heterocycles. The van der Waals surface area contributed by atoms with Gasteiger partial charge in [0.2, 0.25) is 15.9 Å². The van der Waals surface area contributed by atoms with Crippen molar-refractivity contribution in [3.63, 3.8) is 0 Å². The van der Waals surface area contributed by atoms with E-state index in [-0.39, 0.29) is 12.5 Å². The maximum atomic E-state index is 12.2. The number of hydrogen-bond donors (Lipinski definition) is 1. The fourth-order valence-electron chi connectivity index (χ4n) is 1.92. The highest BCUT2D eigenvalue weighted by Gasteiger charge is 2.17. The number of rotatable bonds is 9. The van der Waals surface area contributed by atoms with Gasteiger partial charge in [0.05, 0.1) is 0 Å². The molecule has 0 spiro atoms. The molecule has 1 N–H and O–H groups in total. The van der Waals surface area contributed by atoms with Crippen LogP contribution in [0.4, 0.5) is 0 Å². The van der Waals surface area contributed by atoms with Gasteiger partial charge in [-0.3, -0.25) is 4.79 Å². The largest absolute Gasteiger partial charge is 0.342 e. The van der Waals surface area contributed by atoms with Gasteiger partial charge in [-0.1, -0.05) is 20.8 Å². The Balaban J connectivity index is 2.54. The number of thiophene rings is 1. The van der Waals surface area contributed by atoms with Gasteiger partial charge in [0, 0.05) is 31.4 Å². The molecule has 22 heavy (non-hydrogen) atoms. The summed E-state index contributed by atoms with van der Waals surface area (Å²) in [5.41, 5.74) is 0. The van der Waals surface area contributed by atoms with Crippen LogP contribution in [0.2, 0.25) is 0 Å². The molecule has 0 aliphatic carbocycles. The molecule has 0 bridgehead atoms. The molecule has 0 atom stereocenters. The van der Waals surface area contributed by atoms with E-state index < -0.39 is 10.0 Å². The summed E-state index contributed by atoms with van der Waals surface area (Å²) >= 11 is 1.29. The van der Waals surface area contributed by atoms with Crippen LogP contribution in [0.5, 0.6) is 0 Å². The van der Waals surface area contributed by atoms with Crippen LogP contribution in [0.15, 0.2) is 16.3 Å². The van der Waals surface area contributed by atoms with Gasteiger partial charge < -0.3 is 4.90 Å². The first-order valence-corrected chi connectivity index (χ1v) is 9.90. The molecule has 126 valence electrons. The molecule has 1 heterocycles. The minimum Gasteiger partial charge on any atom is -0.342 e. The number of aryl methyl sites for hydroxylation is 1. The number of hydrogen-bond acceptors (Lipinski definition) is 4. The van der Waals surface area contributed by atoms with Crippen molar-refractivity contribution < 1.29 is 13.2 Å². The Morgan fingerprint density at radius 2 is 2.00 bits per heavy atom. The summed E-state index contributed by atoms with van der Waals surface area (Å²) in [5, 5.41) is 0. The summed E-state index contributed by atoms with van der Waals surface area (Å²) in [4.78, 5) is 14.3. The molecule has 0 saturated carbocycles. The first-order valence-electron chi connectivity index (χ1n) is 7.60. The summed E-state index contributed by atoms with van der Waals surface area (Å²) in [7, 11) is -3.47. The number of carbonyl (C=O) groups is 1. The fourth-order valence-corrected chi connectivity index (χ4v) is 4.28. The number of carbonyl (C=O) groups excluding carboxylic acids is 1. The molecule has 0 fully saturated rings. The van der Waals surface area contributed by atoms with E-state index in [0.717, 1.165) is 17.7 Å². The molecule has 1 aromatic rings. The summed E-state index contributed by atoms with van der Waals surface area (Å²) in [5.74, 6) is 0.487. The Morgan fingerprint density at radius 3 is 2.50 bits per heavy atom. The Kier molecular flexibility index (Phi) is 7.52. The van der Waals surface area contributed by atoms with Gasteiger partial charge in [-0.05, 0) is 30.9 Å². The van der Waals surface area contributed by atoms with Crippen molar-refractivity contribution in [2.24, 2.45) is 5.92 Å². The van der Waals surface area contributed by atoms with Crippen LogP contribution < -0.4 is 4.72 Å². The van der Waals surface area contributed by atoms with Gasteiger partial charge in [-0.15, -0.1) is 11.3 Å². The van der Waals surface area contributed by atoms with E-state index in [0.29, 0.717) is 23.2 Å². The first-order chi connectivity index (χ1) is 10.3. The quantitative estimate of drug-likeness (QED) is 0.747. The number of amides is 1. The average molecular weight is 347 g/mol. The highest BCUT2D eigenvalue weighted by Crippen LogP contribution is 2.21. The van der Waals surface area contributed by atoms with Gasteiger partial charge in [0.25, 0.3) is 0 Å². The van der Waals surface area contributed by atoms with Crippen molar-refractivity contribution in [1.29, 1.82) is 0 Å². The molecule has 0 unspecified atom stereocenters. The first kappa shape index (κ1) is 19.1.